The number of likely N-dealkylation sites (tertiary alicyclic amines) is 1. The Morgan fingerprint density at radius 2 is 1.83 bits per heavy atom. The molecule has 3 aromatic rings. The van der Waals surface area contributed by atoms with Gasteiger partial charge in [-0.1, -0.05) is 36.4 Å². The van der Waals surface area contributed by atoms with Gasteiger partial charge in [0.05, 0.1) is 0 Å². The minimum atomic E-state index is -0.0923. The van der Waals surface area contributed by atoms with Crippen LogP contribution in [0.15, 0.2) is 73.1 Å². The summed E-state index contributed by atoms with van der Waals surface area (Å²) < 4.78 is 0. The molecule has 2 aliphatic rings. The van der Waals surface area contributed by atoms with Crippen LogP contribution in [0.25, 0.3) is 0 Å². The van der Waals surface area contributed by atoms with Crippen LogP contribution >= 0.6 is 0 Å². The number of aryl methyl sites for hydroxylation is 1. The molecule has 0 unspecified atom stereocenters. The van der Waals surface area contributed by atoms with Crippen molar-refractivity contribution < 1.29 is 9.59 Å². The maximum absolute atomic E-state index is 13.4. The zero-order chi connectivity index (χ0) is 24.3. The van der Waals surface area contributed by atoms with Crippen molar-refractivity contribution in [3.8, 4) is 0 Å². The maximum atomic E-state index is 13.4. The van der Waals surface area contributed by atoms with E-state index >= 15 is 0 Å². The first-order chi connectivity index (χ1) is 17.0. The lowest BCUT2D eigenvalue weighted by molar-refractivity contribution is -0.127. The van der Waals surface area contributed by atoms with E-state index in [1.165, 1.54) is 5.56 Å². The predicted octanol–water partition coefficient (Wildman–Crippen LogP) is 4.53. The van der Waals surface area contributed by atoms with Crippen molar-refractivity contribution in [1.82, 2.24) is 15.2 Å². The number of piperidine rings is 2. The second-order valence-electron chi connectivity index (χ2n) is 9.84. The molecule has 2 N–H and O–H groups in total. The van der Waals surface area contributed by atoms with E-state index in [1.807, 2.05) is 48.2 Å². The van der Waals surface area contributed by atoms with Crippen molar-refractivity contribution in [2.24, 2.45) is 5.41 Å². The molecule has 2 fully saturated rings. The van der Waals surface area contributed by atoms with Gasteiger partial charge in [0.1, 0.15) is 0 Å². The fourth-order valence-corrected chi connectivity index (χ4v) is 5.60. The SMILES string of the molecule is Cc1ccc(C(=O)N2CCC3(CC2)CC(=O)NC[C@@H]3c2ccccc2)cc1NCc1ccncc1. The highest BCUT2D eigenvalue weighted by atomic mass is 16.2. The Hall–Kier alpha value is -3.67. The summed E-state index contributed by atoms with van der Waals surface area (Å²) in [5.41, 5.74) is 5.09. The minimum Gasteiger partial charge on any atom is -0.381 e. The number of hydrogen-bond acceptors (Lipinski definition) is 4. The molecule has 0 saturated carbocycles. The smallest absolute Gasteiger partial charge is 0.253 e. The summed E-state index contributed by atoms with van der Waals surface area (Å²) in [4.78, 5) is 31.8. The normalized spacial score (nSPS) is 19.3. The minimum absolute atomic E-state index is 0.0586. The van der Waals surface area contributed by atoms with Crippen LogP contribution in [0.3, 0.4) is 0 Å². The van der Waals surface area contributed by atoms with Gasteiger partial charge in [0.25, 0.3) is 5.91 Å². The molecule has 2 aromatic carbocycles. The summed E-state index contributed by atoms with van der Waals surface area (Å²) in [6, 6.07) is 20.3. The largest absolute Gasteiger partial charge is 0.381 e. The van der Waals surface area contributed by atoms with Crippen LogP contribution in [0.4, 0.5) is 5.69 Å². The summed E-state index contributed by atoms with van der Waals surface area (Å²) in [6.07, 6.45) is 5.77. The standard InChI is InChI=1S/C29H32N4O2/c1-21-7-8-24(17-26(21)31-19-22-9-13-30-14-10-22)28(35)33-15-11-29(12-16-33)18-27(34)32-20-25(29)23-5-3-2-4-6-23/h2-10,13-14,17,25,31H,11-12,15-16,18-20H2,1H3,(H,32,34)/t25-/m1/s1. The lowest BCUT2D eigenvalue weighted by Crippen LogP contribution is -2.52. The number of carbonyl (C=O) groups excluding carboxylic acids is 2. The third-order valence-electron chi connectivity index (χ3n) is 7.72. The molecule has 2 amide bonds. The summed E-state index contributed by atoms with van der Waals surface area (Å²) >= 11 is 0. The molecule has 1 spiro atoms. The first kappa shape index (κ1) is 23.1. The van der Waals surface area contributed by atoms with Crippen LogP contribution in [-0.4, -0.2) is 41.3 Å². The molecule has 35 heavy (non-hydrogen) atoms. The highest BCUT2D eigenvalue weighted by Gasteiger charge is 2.46. The summed E-state index contributed by atoms with van der Waals surface area (Å²) in [6.45, 7) is 4.73. The maximum Gasteiger partial charge on any atom is 0.253 e. The summed E-state index contributed by atoms with van der Waals surface area (Å²) in [5, 5.41) is 6.53. The first-order valence-electron chi connectivity index (χ1n) is 12.4. The van der Waals surface area contributed by atoms with E-state index < -0.39 is 0 Å². The van der Waals surface area contributed by atoms with E-state index in [1.54, 1.807) is 12.4 Å². The topological polar surface area (TPSA) is 74.3 Å². The molecule has 5 rings (SSSR count). The Bertz CT molecular complexity index is 1190. The molecule has 0 radical (unpaired) electrons. The molecular weight excluding hydrogens is 436 g/mol. The molecule has 6 heteroatoms. The summed E-state index contributed by atoms with van der Waals surface area (Å²) in [5.74, 6) is 0.464. The van der Waals surface area contributed by atoms with Gasteiger partial charge in [0, 0.05) is 62.2 Å². The Labute approximate surface area is 206 Å². The van der Waals surface area contributed by atoms with Crippen LogP contribution in [0.1, 0.15) is 52.2 Å². The van der Waals surface area contributed by atoms with E-state index in [2.05, 4.69) is 39.9 Å². The molecule has 1 aromatic heterocycles. The van der Waals surface area contributed by atoms with Crippen molar-refractivity contribution in [1.29, 1.82) is 0 Å². The number of anilines is 1. The van der Waals surface area contributed by atoms with Crippen molar-refractivity contribution >= 4 is 17.5 Å². The van der Waals surface area contributed by atoms with Crippen LogP contribution in [-0.2, 0) is 11.3 Å². The fourth-order valence-electron chi connectivity index (χ4n) is 5.60. The lowest BCUT2D eigenvalue weighted by atomic mass is 9.62. The average Bonchev–Trinajstić information content (AvgIpc) is 2.89. The monoisotopic (exact) mass is 468 g/mol. The zero-order valence-corrected chi connectivity index (χ0v) is 20.2. The number of carbonyl (C=O) groups is 2. The number of aromatic nitrogens is 1. The molecule has 1 atom stereocenters. The van der Waals surface area contributed by atoms with Crippen molar-refractivity contribution in [2.75, 3.05) is 25.0 Å². The van der Waals surface area contributed by atoms with Gasteiger partial charge in [0.15, 0.2) is 0 Å². The van der Waals surface area contributed by atoms with Gasteiger partial charge in [-0.2, -0.15) is 0 Å². The molecule has 2 saturated heterocycles. The second kappa shape index (κ2) is 9.90. The number of hydrogen-bond donors (Lipinski definition) is 2. The number of amides is 2. The Morgan fingerprint density at radius 3 is 2.57 bits per heavy atom. The van der Waals surface area contributed by atoms with Crippen molar-refractivity contribution in [3.63, 3.8) is 0 Å². The van der Waals surface area contributed by atoms with Gasteiger partial charge in [-0.3, -0.25) is 14.6 Å². The Morgan fingerprint density at radius 1 is 1.09 bits per heavy atom. The van der Waals surface area contributed by atoms with Gasteiger partial charge >= 0.3 is 0 Å². The van der Waals surface area contributed by atoms with Crippen LogP contribution in [0.2, 0.25) is 0 Å². The number of nitrogens with zero attached hydrogens (tertiary/aromatic N) is 2. The second-order valence-corrected chi connectivity index (χ2v) is 9.84. The van der Waals surface area contributed by atoms with Gasteiger partial charge in [0.2, 0.25) is 5.91 Å². The van der Waals surface area contributed by atoms with Gasteiger partial charge in [-0.25, -0.2) is 0 Å². The highest BCUT2D eigenvalue weighted by Crippen LogP contribution is 2.48. The fraction of sp³-hybridized carbons (Fsp3) is 0.345. The van der Waals surface area contributed by atoms with Crippen LogP contribution in [0, 0.1) is 12.3 Å². The first-order valence-corrected chi connectivity index (χ1v) is 12.4. The van der Waals surface area contributed by atoms with Crippen LogP contribution in [0.5, 0.6) is 0 Å². The van der Waals surface area contributed by atoms with Crippen molar-refractivity contribution in [3.05, 3.63) is 95.3 Å². The molecule has 2 aliphatic heterocycles. The Balaban J connectivity index is 1.28. The Kier molecular flexibility index (Phi) is 6.53. The molecule has 180 valence electrons. The number of benzene rings is 2. The zero-order valence-electron chi connectivity index (χ0n) is 20.2. The number of rotatable bonds is 5. The molecule has 0 aliphatic carbocycles. The van der Waals surface area contributed by atoms with E-state index in [4.69, 9.17) is 0 Å². The predicted molar refractivity (Wildman–Crippen MR) is 137 cm³/mol. The van der Waals surface area contributed by atoms with Gasteiger partial charge in [-0.05, 0) is 66.1 Å². The quantitative estimate of drug-likeness (QED) is 0.577. The molecule has 3 heterocycles. The molecule has 6 nitrogen and oxygen atoms in total. The average molecular weight is 469 g/mol. The third kappa shape index (κ3) is 4.92. The van der Waals surface area contributed by atoms with E-state index in [0.717, 1.165) is 29.7 Å². The van der Waals surface area contributed by atoms with E-state index in [0.29, 0.717) is 38.2 Å². The lowest BCUT2D eigenvalue weighted by Gasteiger charge is -2.49. The van der Waals surface area contributed by atoms with Crippen LogP contribution < -0.4 is 10.6 Å². The van der Waals surface area contributed by atoms with E-state index in [-0.39, 0.29) is 23.1 Å². The summed E-state index contributed by atoms with van der Waals surface area (Å²) in [7, 11) is 0. The number of pyridine rings is 1. The molecular formula is C29H32N4O2. The number of nitrogens with one attached hydrogen (secondary N) is 2. The highest BCUT2D eigenvalue weighted by molar-refractivity contribution is 5.95. The molecule has 0 bridgehead atoms. The van der Waals surface area contributed by atoms with E-state index in [9.17, 15) is 9.59 Å². The third-order valence-corrected chi connectivity index (χ3v) is 7.72. The van der Waals surface area contributed by atoms with Crippen molar-refractivity contribution in [2.45, 2.75) is 38.6 Å². The van der Waals surface area contributed by atoms with Gasteiger partial charge in [-0.15, -0.1) is 0 Å². The van der Waals surface area contributed by atoms with Gasteiger partial charge < -0.3 is 15.5 Å².